The normalized spacial score (nSPS) is 12.8. The van der Waals surface area contributed by atoms with Gasteiger partial charge in [0.1, 0.15) is 0 Å². The molecule has 0 bridgehead atoms. The molecule has 2 rings (SSSR count). The summed E-state index contributed by atoms with van der Waals surface area (Å²) in [6, 6.07) is 12.4. The summed E-state index contributed by atoms with van der Waals surface area (Å²) < 4.78 is 1.14. The summed E-state index contributed by atoms with van der Waals surface area (Å²) >= 11 is 5.16. The van der Waals surface area contributed by atoms with Gasteiger partial charge in [0.25, 0.3) is 0 Å². The van der Waals surface area contributed by atoms with E-state index >= 15 is 0 Å². The molecule has 20 heavy (non-hydrogen) atoms. The van der Waals surface area contributed by atoms with Gasteiger partial charge in [0, 0.05) is 18.0 Å². The van der Waals surface area contributed by atoms with Gasteiger partial charge in [-0.2, -0.15) is 0 Å². The van der Waals surface area contributed by atoms with Crippen LogP contribution >= 0.6 is 27.3 Å². The molecule has 0 saturated heterocycles. The Kier molecular flexibility index (Phi) is 5.78. The maximum absolute atomic E-state index is 10.2. The zero-order valence-electron chi connectivity index (χ0n) is 11.8. The molecule has 0 aliphatic rings. The molecular formula is C16H20BrNOS. The lowest BCUT2D eigenvalue weighted by Gasteiger charge is -2.13. The van der Waals surface area contributed by atoms with E-state index in [9.17, 15) is 5.11 Å². The van der Waals surface area contributed by atoms with Gasteiger partial charge in [-0.05, 0) is 45.1 Å². The summed E-state index contributed by atoms with van der Waals surface area (Å²) in [6.45, 7) is 5.70. The third kappa shape index (κ3) is 4.42. The summed E-state index contributed by atoms with van der Waals surface area (Å²) in [5.74, 6) is 0.525. The topological polar surface area (TPSA) is 32.3 Å². The number of aliphatic hydroxyl groups excluding tert-OH is 1. The van der Waals surface area contributed by atoms with Gasteiger partial charge in [-0.15, -0.1) is 11.3 Å². The fourth-order valence-electron chi connectivity index (χ4n) is 2.00. The minimum atomic E-state index is -0.459. The average molecular weight is 354 g/mol. The van der Waals surface area contributed by atoms with Crippen LogP contribution in [0.15, 0.2) is 40.2 Å². The van der Waals surface area contributed by atoms with Crippen LogP contribution in [0.4, 0.5) is 0 Å². The molecule has 0 radical (unpaired) electrons. The van der Waals surface area contributed by atoms with E-state index in [0.29, 0.717) is 12.5 Å². The van der Waals surface area contributed by atoms with Crippen LogP contribution in [0.2, 0.25) is 0 Å². The molecule has 108 valence electrons. The van der Waals surface area contributed by atoms with Crippen molar-refractivity contribution in [2.24, 2.45) is 0 Å². The Hall–Kier alpha value is -0.680. The maximum atomic E-state index is 10.2. The smallest absolute Gasteiger partial charge is 0.0914 e. The molecule has 0 amide bonds. The molecule has 1 aromatic heterocycles. The van der Waals surface area contributed by atoms with E-state index in [1.165, 1.54) is 10.4 Å². The van der Waals surface area contributed by atoms with Crippen molar-refractivity contribution in [2.75, 3.05) is 6.54 Å². The second-order valence-electron chi connectivity index (χ2n) is 5.17. The lowest BCUT2D eigenvalue weighted by molar-refractivity contribution is 0.174. The van der Waals surface area contributed by atoms with Gasteiger partial charge in [0.15, 0.2) is 0 Å². The molecule has 0 spiro atoms. The number of thiophene rings is 1. The Morgan fingerprint density at radius 2 is 1.75 bits per heavy atom. The molecule has 1 atom stereocenters. The van der Waals surface area contributed by atoms with Crippen LogP contribution in [-0.4, -0.2) is 11.7 Å². The summed E-state index contributed by atoms with van der Waals surface area (Å²) in [4.78, 5) is 1.26. The van der Waals surface area contributed by atoms with E-state index in [-0.39, 0.29) is 0 Å². The number of benzene rings is 1. The Morgan fingerprint density at radius 1 is 1.10 bits per heavy atom. The Bertz CT molecular complexity index is 536. The van der Waals surface area contributed by atoms with Crippen LogP contribution in [0.25, 0.3) is 0 Å². The van der Waals surface area contributed by atoms with Crippen molar-refractivity contribution in [3.05, 3.63) is 56.2 Å². The van der Waals surface area contributed by atoms with Crippen LogP contribution in [0.5, 0.6) is 0 Å². The van der Waals surface area contributed by atoms with E-state index in [1.807, 2.05) is 18.2 Å². The number of hydrogen-bond acceptors (Lipinski definition) is 3. The highest BCUT2D eigenvalue weighted by Gasteiger charge is 2.08. The van der Waals surface area contributed by atoms with E-state index in [1.54, 1.807) is 11.3 Å². The summed E-state index contributed by atoms with van der Waals surface area (Å²) in [6.07, 6.45) is -0.459. The fraction of sp³-hybridized carbons (Fsp3) is 0.375. The predicted octanol–water partition coefficient (Wildman–Crippen LogP) is 4.46. The zero-order chi connectivity index (χ0) is 14.5. The van der Waals surface area contributed by atoms with Crippen LogP contribution in [0.3, 0.4) is 0 Å². The first kappa shape index (κ1) is 15.7. The number of hydrogen-bond donors (Lipinski definition) is 2. The molecule has 2 N–H and O–H groups in total. The van der Waals surface area contributed by atoms with Crippen molar-refractivity contribution in [3.8, 4) is 0 Å². The molecule has 0 aliphatic heterocycles. The standard InChI is InChI=1S/C16H20BrNOS/c1-11(2)12-3-5-13(6-4-12)15(19)10-18-9-14-7-8-16(17)20-14/h3-8,11,15,18-19H,9-10H2,1-2H3. The lowest BCUT2D eigenvalue weighted by Crippen LogP contribution is -2.20. The first-order valence-electron chi connectivity index (χ1n) is 6.79. The number of halogens is 1. The Morgan fingerprint density at radius 3 is 2.30 bits per heavy atom. The van der Waals surface area contributed by atoms with Crippen molar-refractivity contribution in [1.82, 2.24) is 5.32 Å². The van der Waals surface area contributed by atoms with Gasteiger partial charge >= 0.3 is 0 Å². The lowest BCUT2D eigenvalue weighted by atomic mass is 10.00. The number of aliphatic hydroxyl groups is 1. The predicted molar refractivity (Wildman–Crippen MR) is 89.2 cm³/mol. The SMILES string of the molecule is CC(C)c1ccc(C(O)CNCc2ccc(Br)s2)cc1. The second kappa shape index (κ2) is 7.36. The van der Waals surface area contributed by atoms with Crippen LogP contribution in [-0.2, 0) is 6.54 Å². The number of rotatable bonds is 6. The molecular weight excluding hydrogens is 334 g/mol. The minimum Gasteiger partial charge on any atom is -0.387 e. The van der Waals surface area contributed by atoms with Gasteiger partial charge in [-0.25, -0.2) is 0 Å². The third-order valence-electron chi connectivity index (χ3n) is 3.25. The molecule has 4 heteroatoms. The highest BCUT2D eigenvalue weighted by molar-refractivity contribution is 9.11. The van der Waals surface area contributed by atoms with Gasteiger partial charge in [0.05, 0.1) is 9.89 Å². The largest absolute Gasteiger partial charge is 0.387 e. The van der Waals surface area contributed by atoms with Gasteiger partial charge in [-0.3, -0.25) is 0 Å². The molecule has 1 aromatic carbocycles. The van der Waals surface area contributed by atoms with E-state index in [4.69, 9.17) is 0 Å². The summed E-state index contributed by atoms with van der Waals surface area (Å²) in [5.41, 5.74) is 2.27. The van der Waals surface area contributed by atoms with Crippen molar-refractivity contribution in [2.45, 2.75) is 32.4 Å². The first-order valence-corrected chi connectivity index (χ1v) is 8.40. The average Bonchev–Trinajstić information content (AvgIpc) is 2.84. The van der Waals surface area contributed by atoms with Crippen LogP contribution in [0.1, 0.15) is 41.9 Å². The van der Waals surface area contributed by atoms with E-state index < -0.39 is 6.10 Å². The third-order valence-corrected chi connectivity index (χ3v) is 4.88. The molecule has 0 aliphatic carbocycles. The molecule has 0 saturated carbocycles. The Balaban J connectivity index is 1.83. The minimum absolute atomic E-state index is 0.459. The van der Waals surface area contributed by atoms with E-state index in [2.05, 4.69) is 53.3 Å². The van der Waals surface area contributed by atoms with Crippen molar-refractivity contribution < 1.29 is 5.11 Å². The van der Waals surface area contributed by atoms with Gasteiger partial charge in [-0.1, -0.05) is 38.1 Å². The van der Waals surface area contributed by atoms with Gasteiger partial charge in [0.2, 0.25) is 0 Å². The Labute approximate surface area is 133 Å². The van der Waals surface area contributed by atoms with Gasteiger partial charge < -0.3 is 10.4 Å². The molecule has 0 fully saturated rings. The summed E-state index contributed by atoms with van der Waals surface area (Å²) in [5, 5.41) is 13.5. The van der Waals surface area contributed by atoms with E-state index in [0.717, 1.165) is 15.9 Å². The molecule has 1 unspecified atom stereocenters. The van der Waals surface area contributed by atoms with Crippen LogP contribution < -0.4 is 5.32 Å². The van der Waals surface area contributed by atoms with Crippen molar-refractivity contribution in [1.29, 1.82) is 0 Å². The van der Waals surface area contributed by atoms with Crippen molar-refractivity contribution >= 4 is 27.3 Å². The highest BCUT2D eigenvalue weighted by atomic mass is 79.9. The van der Waals surface area contributed by atoms with Crippen LogP contribution in [0, 0.1) is 0 Å². The summed E-state index contributed by atoms with van der Waals surface area (Å²) in [7, 11) is 0. The maximum Gasteiger partial charge on any atom is 0.0914 e. The molecule has 1 heterocycles. The highest BCUT2D eigenvalue weighted by Crippen LogP contribution is 2.22. The zero-order valence-corrected chi connectivity index (χ0v) is 14.2. The quantitative estimate of drug-likeness (QED) is 0.803. The fourth-order valence-corrected chi connectivity index (χ4v) is 3.45. The monoisotopic (exact) mass is 353 g/mol. The number of nitrogens with one attached hydrogen (secondary N) is 1. The van der Waals surface area contributed by atoms with Crippen molar-refractivity contribution in [3.63, 3.8) is 0 Å². The second-order valence-corrected chi connectivity index (χ2v) is 7.72. The first-order chi connectivity index (χ1) is 9.56. The molecule has 2 aromatic rings. The molecule has 2 nitrogen and oxygen atoms in total.